The maximum atomic E-state index is 12.7. The topological polar surface area (TPSA) is 80.0 Å². The summed E-state index contributed by atoms with van der Waals surface area (Å²) in [7, 11) is 1.91. The molecule has 0 unspecified atom stereocenters. The summed E-state index contributed by atoms with van der Waals surface area (Å²) in [6.45, 7) is 3.98. The van der Waals surface area contributed by atoms with Crippen LogP contribution in [0.4, 0.5) is 0 Å². The Morgan fingerprint density at radius 2 is 1.97 bits per heavy atom. The van der Waals surface area contributed by atoms with Gasteiger partial charge >= 0.3 is 0 Å². The van der Waals surface area contributed by atoms with E-state index < -0.39 is 6.10 Å². The summed E-state index contributed by atoms with van der Waals surface area (Å²) in [4.78, 5) is 17.2. The monoisotopic (exact) mass is 404 g/mol. The van der Waals surface area contributed by atoms with E-state index in [1.54, 1.807) is 4.68 Å². The summed E-state index contributed by atoms with van der Waals surface area (Å²) in [6.07, 6.45) is 4.69. The largest absolute Gasteiger partial charge is 0.391 e. The van der Waals surface area contributed by atoms with Crippen molar-refractivity contribution in [3.8, 4) is 11.3 Å². The Balaban J connectivity index is 1.53. The molecule has 1 saturated carbocycles. The molecule has 2 aromatic heterocycles. The molecule has 0 radical (unpaired) electrons. The minimum Gasteiger partial charge on any atom is -0.391 e. The van der Waals surface area contributed by atoms with Crippen molar-refractivity contribution in [1.82, 2.24) is 20.1 Å². The van der Waals surface area contributed by atoms with Crippen molar-refractivity contribution in [2.75, 3.05) is 0 Å². The average molecular weight is 405 g/mol. The maximum absolute atomic E-state index is 12.7. The van der Waals surface area contributed by atoms with Crippen LogP contribution in [0.25, 0.3) is 11.3 Å². The lowest BCUT2D eigenvalue weighted by Gasteiger charge is -2.17. The van der Waals surface area contributed by atoms with E-state index >= 15 is 0 Å². The number of nitrogens with zero attached hydrogens (tertiary/aromatic N) is 3. The van der Waals surface area contributed by atoms with E-state index in [2.05, 4.69) is 39.7 Å². The van der Waals surface area contributed by atoms with Gasteiger partial charge in [0.1, 0.15) is 5.69 Å². The molecule has 3 aromatic rings. The van der Waals surface area contributed by atoms with Crippen molar-refractivity contribution in [2.45, 2.75) is 51.7 Å². The number of aryl methyl sites for hydroxylation is 2. The first kappa shape index (κ1) is 20.3. The zero-order chi connectivity index (χ0) is 21.3. The van der Waals surface area contributed by atoms with E-state index in [4.69, 9.17) is 0 Å². The molecule has 0 saturated heterocycles. The van der Waals surface area contributed by atoms with Gasteiger partial charge in [-0.2, -0.15) is 5.10 Å². The Labute approximate surface area is 177 Å². The Morgan fingerprint density at radius 1 is 1.20 bits per heavy atom. The first-order valence-electron chi connectivity index (χ1n) is 10.5. The van der Waals surface area contributed by atoms with Gasteiger partial charge < -0.3 is 10.4 Å². The summed E-state index contributed by atoms with van der Waals surface area (Å²) in [5, 5.41) is 17.4. The second kappa shape index (κ2) is 8.40. The molecule has 1 aliphatic rings. The molecule has 2 N–H and O–H groups in total. The first-order chi connectivity index (χ1) is 14.4. The van der Waals surface area contributed by atoms with Crippen molar-refractivity contribution in [2.24, 2.45) is 7.05 Å². The number of benzene rings is 1. The van der Waals surface area contributed by atoms with E-state index in [1.807, 2.05) is 39.2 Å². The van der Waals surface area contributed by atoms with Crippen LogP contribution in [-0.2, 0) is 13.5 Å². The molecule has 2 heterocycles. The second-order valence-corrected chi connectivity index (χ2v) is 8.20. The van der Waals surface area contributed by atoms with E-state index in [1.165, 1.54) is 5.56 Å². The van der Waals surface area contributed by atoms with Gasteiger partial charge in [-0.3, -0.25) is 9.48 Å². The number of hydrogen-bond donors (Lipinski definition) is 2. The fraction of sp³-hybridized carbons (Fsp3) is 0.375. The average Bonchev–Trinajstić information content (AvgIpc) is 3.34. The van der Waals surface area contributed by atoms with Crippen LogP contribution in [0.2, 0.25) is 0 Å². The van der Waals surface area contributed by atoms with Crippen LogP contribution < -0.4 is 5.32 Å². The van der Waals surface area contributed by atoms with Gasteiger partial charge in [0, 0.05) is 24.5 Å². The number of aliphatic hydroxyl groups excluding tert-OH is 1. The predicted molar refractivity (Wildman–Crippen MR) is 116 cm³/mol. The van der Waals surface area contributed by atoms with E-state index in [0.29, 0.717) is 5.69 Å². The smallest absolute Gasteiger partial charge is 0.270 e. The minimum absolute atomic E-state index is 0.177. The van der Waals surface area contributed by atoms with Gasteiger partial charge in [-0.25, -0.2) is 4.98 Å². The minimum atomic E-state index is -0.461. The van der Waals surface area contributed by atoms with Gasteiger partial charge in [-0.05, 0) is 68.4 Å². The summed E-state index contributed by atoms with van der Waals surface area (Å²) in [5.41, 5.74) is 6.66. The lowest BCUT2D eigenvalue weighted by molar-refractivity contribution is 0.0868. The molecule has 2 atom stereocenters. The summed E-state index contributed by atoms with van der Waals surface area (Å²) in [5.74, 6) is -0.212. The van der Waals surface area contributed by atoms with Crippen molar-refractivity contribution >= 4 is 5.91 Å². The zero-order valence-corrected chi connectivity index (χ0v) is 17.7. The number of pyridine rings is 1. The van der Waals surface area contributed by atoms with Crippen molar-refractivity contribution in [1.29, 1.82) is 0 Å². The van der Waals surface area contributed by atoms with Gasteiger partial charge in [0.05, 0.1) is 17.8 Å². The summed E-state index contributed by atoms with van der Waals surface area (Å²) >= 11 is 0. The van der Waals surface area contributed by atoms with Gasteiger partial charge in [0.2, 0.25) is 0 Å². The van der Waals surface area contributed by atoms with Gasteiger partial charge in [-0.1, -0.05) is 24.3 Å². The molecule has 30 heavy (non-hydrogen) atoms. The van der Waals surface area contributed by atoms with Crippen LogP contribution in [0.3, 0.4) is 0 Å². The van der Waals surface area contributed by atoms with Crippen LogP contribution in [0.15, 0.2) is 42.6 Å². The highest BCUT2D eigenvalue weighted by Crippen LogP contribution is 2.22. The van der Waals surface area contributed by atoms with Crippen molar-refractivity contribution in [3.63, 3.8) is 0 Å². The number of nitrogens with one attached hydrogen (secondary N) is 1. The third kappa shape index (κ3) is 4.28. The van der Waals surface area contributed by atoms with Gasteiger partial charge in [0.15, 0.2) is 0 Å². The van der Waals surface area contributed by atoms with E-state index in [-0.39, 0.29) is 11.9 Å². The molecular formula is C24H28N4O2. The molecule has 0 bridgehead atoms. The quantitative estimate of drug-likeness (QED) is 0.684. The lowest BCUT2D eigenvalue weighted by atomic mass is 9.98. The van der Waals surface area contributed by atoms with E-state index in [0.717, 1.165) is 53.8 Å². The summed E-state index contributed by atoms with van der Waals surface area (Å²) < 4.78 is 1.80. The normalized spacial score (nSPS) is 18.5. The number of rotatable bonds is 5. The molecule has 1 fully saturated rings. The second-order valence-electron chi connectivity index (χ2n) is 8.20. The highest BCUT2D eigenvalue weighted by Gasteiger charge is 2.27. The SMILES string of the molecule is Cc1nc(C(=O)N[C@H]2CCC[C@@H]2O)cc(Cc2ccc(-c3ccn(C)n3)cc2)c1C. The van der Waals surface area contributed by atoms with Crippen LogP contribution >= 0.6 is 0 Å². The number of carbonyl (C=O) groups excluding carboxylic acids is 1. The molecule has 0 spiro atoms. The standard InChI is InChI=1S/C24H28N4O2/c1-15-16(2)25-22(24(30)26-21-5-4-6-23(21)29)14-19(15)13-17-7-9-18(10-8-17)20-11-12-28(3)27-20/h7-12,14,21,23,29H,4-6,13H2,1-3H3,(H,26,30)/t21-,23-/m0/s1. The summed E-state index contributed by atoms with van der Waals surface area (Å²) in [6, 6.07) is 12.1. The highest BCUT2D eigenvalue weighted by molar-refractivity contribution is 5.93. The molecule has 1 aliphatic carbocycles. The molecule has 0 aliphatic heterocycles. The Morgan fingerprint density at radius 3 is 2.60 bits per heavy atom. The van der Waals surface area contributed by atoms with E-state index in [9.17, 15) is 9.90 Å². The number of aliphatic hydroxyl groups is 1. The molecule has 1 amide bonds. The zero-order valence-electron chi connectivity index (χ0n) is 17.7. The number of aromatic nitrogens is 3. The fourth-order valence-corrected chi connectivity index (χ4v) is 4.04. The Bertz CT molecular complexity index is 1060. The molecule has 1 aromatic carbocycles. The molecule has 156 valence electrons. The number of carbonyl (C=O) groups is 1. The maximum Gasteiger partial charge on any atom is 0.270 e. The molecule has 6 nitrogen and oxygen atoms in total. The van der Waals surface area contributed by atoms with Gasteiger partial charge in [-0.15, -0.1) is 0 Å². The van der Waals surface area contributed by atoms with Crippen LogP contribution in [0.1, 0.15) is 52.1 Å². The van der Waals surface area contributed by atoms with Gasteiger partial charge in [0.25, 0.3) is 5.91 Å². The molecule has 6 heteroatoms. The Hall–Kier alpha value is -2.99. The third-order valence-electron chi connectivity index (χ3n) is 6.01. The van der Waals surface area contributed by atoms with Crippen LogP contribution in [-0.4, -0.2) is 37.9 Å². The third-order valence-corrected chi connectivity index (χ3v) is 6.01. The number of hydrogen-bond acceptors (Lipinski definition) is 4. The predicted octanol–water partition coefficient (Wildman–Crippen LogP) is 3.33. The van der Waals surface area contributed by atoms with Crippen molar-refractivity contribution < 1.29 is 9.90 Å². The van der Waals surface area contributed by atoms with Crippen LogP contribution in [0, 0.1) is 13.8 Å². The lowest BCUT2D eigenvalue weighted by Crippen LogP contribution is -2.40. The first-order valence-corrected chi connectivity index (χ1v) is 10.5. The molecular weight excluding hydrogens is 376 g/mol. The highest BCUT2D eigenvalue weighted by atomic mass is 16.3. The van der Waals surface area contributed by atoms with Crippen LogP contribution in [0.5, 0.6) is 0 Å². The number of amides is 1. The fourth-order valence-electron chi connectivity index (χ4n) is 4.04. The Kier molecular flexibility index (Phi) is 5.68. The molecule has 4 rings (SSSR count). The van der Waals surface area contributed by atoms with Crippen molar-refractivity contribution in [3.05, 3.63) is 70.7 Å².